The van der Waals surface area contributed by atoms with Crippen molar-refractivity contribution in [3.63, 3.8) is 0 Å². The summed E-state index contributed by atoms with van der Waals surface area (Å²) in [4.78, 5) is 14.1. The Morgan fingerprint density at radius 3 is 2.91 bits per heavy atom. The number of carbonyl (C=O) groups is 1. The Labute approximate surface area is 144 Å². The third kappa shape index (κ3) is 5.81. The van der Waals surface area contributed by atoms with Crippen LogP contribution in [0.2, 0.25) is 0 Å². The van der Waals surface area contributed by atoms with E-state index in [2.05, 4.69) is 29.1 Å². The van der Waals surface area contributed by atoms with E-state index in [1.54, 1.807) is 11.3 Å². The van der Waals surface area contributed by atoms with Gasteiger partial charge in [-0.1, -0.05) is 6.92 Å². The van der Waals surface area contributed by atoms with E-state index in [9.17, 15) is 4.79 Å². The quantitative estimate of drug-likeness (QED) is 0.855. The van der Waals surface area contributed by atoms with Crippen molar-refractivity contribution in [2.45, 2.75) is 58.6 Å². The molecule has 1 aliphatic heterocycles. The average Bonchev–Trinajstić information content (AvgIpc) is 3.12. The van der Waals surface area contributed by atoms with Crippen molar-refractivity contribution in [3.05, 3.63) is 22.4 Å². The highest BCUT2D eigenvalue weighted by atomic mass is 32.1. The van der Waals surface area contributed by atoms with Crippen LogP contribution in [0.15, 0.2) is 16.8 Å². The van der Waals surface area contributed by atoms with Crippen LogP contribution in [0.5, 0.6) is 0 Å². The molecule has 130 valence electrons. The molecule has 23 heavy (non-hydrogen) atoms. The molecular formula is C18H30N2O2S. The number of hydrogen-bond acceptors (Lipinski definition) is 4. The fraction of sp³-hybridized carbons (Fsp3) is 0.722. The molecule has 0 aromatic carbocycles. The van der Waals surface area contributed by atoms with Gasteiger partial charge in [0.1, 0.15) is 5.60 Å². The van der Waals surface area contributed by atoms with Gasteiger partial charge in [0, 0.05) is 19.1 Å². The lowest BCUT2D eigenvalue weighted by Gasteiger charge is -2.27. The van der Waals surface area contributed by atoms with Crippen molar-refractivity contribution in [1.82, 2.24) is 10.2 Å². The van der Waals surface area contributed by atoms with Crippen molar-refractivity contribution < 1.29 is 9.53 Å². The van der Waals surface area contributed by atoms with E-state index in [1.165, 1.54) is 5.56 Å². The Kier molecular flexibility index (Phi) is 6.48. The number of likely N-dealkylation sites (tertiary alicyclic amines) is 1. The van der Waals surface area contributed by atoms with Gasteiger partial charge in [-0.15, -0.1) is 0 Å². The summed E-state index contributed by atoms with van der Waals surface area (Å²) < 4.78 is 5.50. The minimum absolute atomic E-state index is 0.176. The van der Waals surface area contributed by atoms with E-state index in [0.29, 0.717) is 12.0 Å². The molecule has 0 spiro atoms. The lowest BCUT2D eigenvalue weighted by Crippen LogP contribution is -2.41. The van der Waals surface area contributed by atoms with Crippen molar-refractivity contribution in [1.29, 1.82) is 0 Å². The molecule has 0 aliphatic carbocycles. The fourth-order valence-corrected chi connectivity index (χ4v) is 3.69. The first-order chi connectivity index (χ1) is 10.9. The number of hydrogen-bond donors (Lipinski definition) is 1. The fourth-order valence-electron chi connectivity index (χ4n) is 3.01. The summed E-state index contributed by atoms with van der Waals surface area (Å²) in [7, 11) is 0. The number of ether oxygens (including phenoxy) is 1. The maximum absolute atomic E-state index is 12.2. The number of nitrogens with zero attached hydrogens (tertiary/aromatic N) is 1. The zero-order valence-corrected chi connectivity index (χ0v) is 15.6. The van der Waals surface area contributed by atoms with Crippen LogP contribution in [-0.4, -0.2) is 42.3 Å². The summed E-state index contributed by atoms with van der Waals surface area (Å²) in [5.74, 6) is 0.494. The van der Waals surface area contributed by atoms with Gasteiger partial charge in [0.2, 0.25) is 0 Å². The topological polar surface area (TPSA) is 41.6 Å². The summed E-state index contributed by atoms with van der Waals surface area (Å²) >= 11 is 1.75. The molecule has 5 heteroatoms. The van der Waals surface area contributed by atoms with E-state index in [4.69, 9.17) is 4.74 Å². The Morgan fingerprint density at radius 1 is 1.52 bits per heavy atom. The third-order valence-electron chi connectivity index (χ3n) is 4.14. The van der Waals surface area contributed by atoms with Gasteiger partial charge in [0.05, 0.1) is 0 Å². The van der Waals surface area contributed by atoms with Gasteiger partial charge in [0.15, 0.2) is 0 Å². The second-order valence-electron chi connectivity index (χ2n) is 7.37. The summed E-state index contributed by atoms with van der Waals surface area (Å²) in [5, 5.41) is 8.04. The van der Waals surface area contributed by atoms with Crippen LogP contribution in [0.25, 0.3) is 0 Å². The van der Waals surface area contributed by atoms with Crippen LogP contribution < -0.4 is 5.32 Å². The van der Waals surface area contributed by atoms with Gasteiger partial charge in [-0.25, -0.2) is 4.79 Å². The molecule has 1 saturated heterocycles. The maximum Gasteiger partial charge on any atom is 0.410 e. The normalized spacial score (nSPS) is 19.8. The lowest BCUT2D eigenvalue weighted by molar-refractivity contribution is 0.0285. The van der Waals surface area contributed by atoms with Crippen LogP contribution in [-0.2, 0) is 11.2 Å². The van der Waals surface area contributed by atoms with E-state index in [1.807, 2.05) is 25.7 Å². The monoisotopic (exact) mass is 338 g/mol. The molecule has 2 atom stereocenters. The molecule has 0 radical (unpaired) electrons. The van der Waals surface area contributed by atoms with Gasteiger partial charge in [-0.2, -0.15) is 11.3 Å². The molecule has 4 nitrogen and oxygen atoms in total. The lowest BCUT2D eigenvalue weighted by atomic mass is 9.93. The predicted molar refractivity (Wildman–Crippen MR) is 96.0 cm³/mol. The minimum atomic E-state index is -0.425. The number of carbonyl (C=O) groups excluding carboxylic acids is 1. The number of amides is 1. The Morgan fingerprint density at radius 2 is 2.30 bits per heavy atom. The summed E-state index contributed by atoms with van der Waals surface area (Å²) in [5.41, 5.74) is 0.963. The molecule has 1 fully saturated rings. The first-order valence-electron chi connectivity index (χ1n) is 8.61. The highest BCUT2D eigenvalue weighted by Gasteiger charge is 2.33. The smallest absolute Gasteiger partial charge is 0.410 e. The Hall–Kier alpha value is -1.07. The zero-order valence-electron chi connectivity index (χ0n) is 14.8. The largest absolute Gasteiger partial charge is 0.444 e. The van der Waals surface area contributed by atoms with Crippen LogP contribution >= 0.6 is 11.3 Å². The average molecular weight is 339 g/mol. The molecule has 1 aliphatic rings. The van der Waals surface area contributed by atoms with Crippen LogP contribution in [0.4, 0.5) is 4.79 Å². The third-order valence-corrected chi connectivity index (χ3v) is 4.87. The number of nitrogens with one attached hydrogen (secondary N) is 1. The van der Waals surface area contributed by atoms with Gasteiger partial charge < -0.3 is 15.0 Å². The zero-order chi connectivity index (χ0) is 16.9. The second kappa shape index (κ2) is 8.15. The molecule has 1 amide bonds. The minimum Gasteiger partial charge on any atom is -0.444 e. The summed E-state index contributed by atoms with van der Waals surface area (Å²) in [6.45, 7) is 10.6. The van der Waals surface area contributed by atoms with E-state index in [0.717, 1.165) is 38.9 Å². The Bertz CT molecular complexity index is 482. The molecule has 2 unspecified atom stereocenters. The molecule has 1 N–H and O–H groups in total. The standard InChI is InChI=1S/C18H30N2O2S/c1-5-8-19-16(11-14-7-10-23-13-14)15-6-9-20(12-15)17(21)22-18(2,3)4/h7,10,13,15-16,19H,5-6,8-9,11-12H2,1-4H3. The van der Waals surface area contributed by atoms with Crippen molar-refractivity contribution in [2.24, 2.45) is 5.92 Å². The first-order valence-corrected chi connectivity index (χ1v) is 9.55. The Balaban J connectivity index is 1.93. The summed E-state index contributed by atoms with van der Waals surface area (Å²) in [6.07, 6.45) is 3.04. The van der Waals surface area contributed by atoms with Crippen molar-refractivity contribution in [2.75, 3.05) is 19.6 Å². The molecule has 0 saturated carbocycles. The SMILES string of the molecule is CCCNC(Cc1ccsc1)C1CCN(C(=O)OC(C)(C)C)C1. The van der Waals surface area contributed by atoms with Crippen molar-refractivity contribution >= 4 is 17.4 Å². The molecule has 1 aromatic heterocycles. The van der Waals surface area contributed by atoms with Crippen LogP contribution in [0.3, 0.4) is 0 Å². The first kappa shape index (κ1) is 18.3. The molecular weight excluding hydrogens is 308 g/mol. The van der Waals surface area contributed by atoms with Crippen molar-refractivity contribution in [3.8, 4) is 0 Å². The number of thiophene rings is 1. The molecule has 2 heterocycles. The predicted octanol–water partition coefficient (Wildman–Crippen LogP) is 3.92. The van der Waals surface area contributed by atoms with Gasteiger partial charge >= 0.3 is 6.09 Å². The molecule has 1 aromatic rings. The van der Waals surface area contributed by atoms with Crippen LogP contribution in [0.1, 0.15) is 46.1 Å². The second-order valence-corrected chi connectivity index (χ2v) is 8.15. The van der Waals surface area contributed by atoms with E-state index >= 15 is 0 Å². The highest BCUT2D eigenvalue weighted by molar-refractivity contribution is 7.07. The van der Waals surface area contributed by atoms with Gasteiger partial charge in [0.25, 0.3) is 0 Å². The number of rotatable bonds is 6. The molecule has 0 bridgehead atoms. The van der Waals surface area contributed by atoms with E-state index < -0.39 is 5.60 Å². The highest BCUT2D eigenvalue weighted by Crippen LogP contribution is 2.24. The van der Waals surface area contributed by atoms with E-state index in [-0.39, 0.29) is 6.09 Å². The summed E-state index contributed by atoms with van der Waals surface area (Å²) in [6, 6.07) is 2.63. The van der Waals surface area contributed by atoms with Gasteiger partial charge in [-0.05, 0) is 74.9 Å². The maximum atomic E-state index is 12.2. The molecule has 2 rings (SSSR count). The van der Waals surface area contributed by atoms with Gasteiger partial charge in [-0.3, -0.25) is 0 Å². The van der Waals surface area contributed by atoms with Crippen LogP contribution in [0, 0.1) is 5.92 Å².